The van der Waals surface area contributed by atoms with Crippen LogP contribution in [0.1, 0.15) is 48.2 Å². The van der Waals surface area contributed by atoms with Crippen molar-refractivity contribution in [2.75, 3.05) is 4.72 Å². The number of para-hydroxylation sites is 1. The van der Waals surface area contributed by atoms with E-state index in [0.29, 0.717) is 23.3 Å². The summed E-state index contributed by atoms with van der Waals surface area (Å²) in [6.07, 6.45) is 3.63. The molecule has 0 aromatic heterocycles. The lowest BCUT2D eigenvalue weighted by atomic mass is 9.98. The van der Waals surface area contributed by atoms with Crippen molar-refractivity contribution in [1.29, 1.82) is 0 Å². The first kappa shape index (κ1) is 19.2. The lowest BCUT2D eigenvalue weighted by Crippen LogP contribution is -2.32. The molecule has 27 heavy (non-hydrogen) atoms. The van der Waals surface area contributed by atoms with Gasteiger partial charge in [-0.25, -0.2) is 8.42 Å². The van der Waals surface area contributed by atoms with Gasteiger partial charge in [-0.05, 0) is 55.5 Å². The summed E-state index contributed by atoms with van der Waals surface area (Å²) in [5, 5.41) is 2.88. The molecule has 0 heterocycles. The molecular weight excluding hydrogens is 360 g/mol. The minimum atomic E-state index is -3.74. The number of carbonyl (C=O) groups is 1. The first-order chi connectivity index (χ1) is 12.9. The zero-order valence-electron chi connectivity index (χ0n) is 15.5. The molecule has 5 nitrogen and oxygen atoms in total. The molecule has 0 fully saturated rings. The van der Waals surface area contributed by atoms with E-state index < -0.39 is 10.0 Å². The third kappa shape index (κ3) is 4.39. The highest BCUT2D eigenvalue weighted by Crippen LogP contribution is 2.28. The Morgan fingerprint density at radius 3 is 2.56 bits per heavy atom. The molecule has 0 saturated heterocycles. The smallest absolute Gasteiger partial charge is 0.258 e. The molecule has 2 aromatic rings. The van der Waals surface area contributed by atoms with Gasteiger partial charge in [-0.2, -0.15) is 0 Å². The van der Waals surface area contributed by atoms with E-state index in [1.165, 1.54) is 0 Å². The third-order valence-electron chi connectivity index (χ3n) is 4.76. The summed E-state index contributed by atoms with van der Waals surface area (Å²) < 4.78 is 28.4. The highest BCUT2D eigenvalue weighted by molar-refractivity contribution is 7.96. The highest BCUT2D eigenvalue weighted by Gasteiger charge is 2.23. The largest absolute Gasteiger partial charge is 0.350 e. The number of allylic oxidation sites excluding steroid dienone is 1. The Bertz CT molecular complexity index is 980. The number of aryl methyl sites for hydroxylation is 1. The van der Waals surface area contributed by atoms with E-state index in [1.807, 2.05) is 38.1 Å². The number of hydrogen-bond donors (Lipinski definition) is 2. The van der Waals surface area contributed by atoms with E-state index in [9.17, 15) is 13.2 Å². The number of fused-ring (bicyclic) bond motifs is 1. The van der Waals surface area contributed by atoms with E-state index in [2.05, 4.69) is 10.0 Å². The molecule has 0 spiro atoms. The number of carbonyl (C=O) groups excluding carboxylic acids is 1. The monoisotopic (exact) mass is 384 g/mol. The van der Waals surface area contributed by atoms with Crippen molar-refractivity contribution in [3.63, 3.8) is 0 Å². The quantitative estimate of drug-likeness (QED) is 0.792. The van der Waals surface area contributed by atoms with Gasteiger partial charge in [0.05, 0.1) is 16.2 Å². The predicted octanol–water partition coefficient (Wildman–Crippen LogP) is 3.94. The standard InChI is InChI=1S/C21H24N2O3S/c1-3-15(2)22-21(24)19-10-6-7-11-20(19)23-27(25,26)18-13-12-16-8-4-5-9-17(16)14-18/h4-11,14-15,23H,3,12-13H2,1-2H3,(H,22,24)/t15-/m0/s1. The molecule has 1 atom stereocenters. The van der Waals surface area contributed by atoms with Crippen molar-refractivity contribution in [3.05, 3.63) is 70.1 Å². The van der Waals surface area contributed by atoms with Crippen molar-refractivity contribution >= 4 is 27.7 Å². The van der Waals surface area contributed by atoms with Crippen molar-refractivity contribution in [3.8, 4) is 0 Å². The molecule has 0 bridgehead atoms. The zero-order chi connectivity index (χ0) is 19.4. The Labute approximate surface area is 160 Å². The fourth-order valence-electron chi connectivity index (χ4n) is 3.00. The van der Waals surface area contributed by atoms with E-state index in [4.69, 9.17) is 0 Å². The number of rotatable bonds is 6. The molecule has 0 aliphatic heterocycles. The summed E-state index contributed by atoms with van der Waals surface area (Å²) in [7, 11) is -3.74. The van der Waals surface area contributed by atoms with Gasteiger partial charge < -0.3 is 5.32 Å². The molecule has 6 heteroatoms. The Balaban J connectivity index is 1.87. The van der Waals surface area contributed by atoms with Crippen LogP contribution in [0.15, 0.2) is 53.4 Å². The van der Waals surface area contributed by atoms with Gasteiger partial charge in [0.1, 0.15) is 0 Å². The van der Waals surface area contributed by atoms with E-state index in [1.54, 1.807) is 30.3 Å². The SMILES string of the molecule is CC[C@H](C)NC(=O)c1ccccc1NS(=O)(=O)C1=Cc2ccccc2CC1. The Morgan fingerprint density at radius 2 is 1.78 bits per heavy atom. The van der Waals surface area contributed by atoms with Crippen LogP contribution in [0.25, 0.3) is 6.08 Å². The molecule has 2 aromatic carbocycles. The van der Waals surface area contributed by atoms with Crippen molar-refractivity contribution in [1.82, 2.24) is 5.32 Å². The van der Waals surface area contributed by atoms with Crippen molar-refractivity contribution < 1.29 is 13.2 Å². The van der Waals surface area contributed by atoms with E-state index >= 15 is 0 Å². The molecule has 0 unspecified atom stereocenters. The maximum Gasteiger partial charge on any atom is 0.258 e. The number of sulfonamides is 1. The summed E-state index contributed by atoms with van der Waals surface area (Å²) in [5.74, 6) is -0.286. The number of amides is 1. The number of nitrogens with one attached hydrogen (secondary N) is 2. The second kappa shape index (κ2) is 7.96. The van der Waals surface area contributed by atoms with Crippen LogP contribution in [0.2, 0.25) is 0 Å². The van der Waals surface area contributed by atoms with Crippen LogP contribution in [0, 0.1) is 0 Å². The molecular formula is C21H24N2O3S. The molecule has 1 aliphatic carbocycles. The van der Waals surface area contributed by atoms with Crippen LogP contribution in [-0.4, -0.2) is 20.4 Å². The second-order valence-corrected chi connectivity index (χ2v) is 8.48. The number of anilines is 1. The summed E-state index contributed by atoms with van der Waals surface area (Å²) in [5.41, 5.74) is 2.67. The van der Waals surface area contributed by atoms with Crippen LogP contribution in [0.5, 0.6) is 0 Å². The van der Waals surface area contributed by atoms with Gasteiger partial charge in [0.25, 0.3) is 15.9 Å². The first-order valence-electron chi connectivity index (χ1n) is 9.12. The molecule has 1 amide bonds. The van der Waals surface area contributed by atoms with Gasteiger partial charge >= 0.3 is 0 Å². The molecule has 2 N–H and O–H groups in total. The Morgan fingerprint density at radius 1 is 1.07 bits per heavy atom. The average Bonchev–Trinajstić information content (AvgIpc) is 2.67. The van der Waals surface area contributed by atoms with Crippen LogP contribution < -0.4 is 10.0 Å². The Kier molecular flexibility index (Phi) is 5.65. The van der Waals surface area contributed by atoms with E-state index in [0.717, 1.165) is 17.5 Å². The number of benzene rings is 2. The van der Waals surface area contributed by atoms with Crippen LogP contribution in [0.3, 0.4) is 0 Å². The lowest BCUT2D eigenvalue weighted by molar-refractivity contribution is 0.0940. The summed E-state index contributed by atoms with van der Waals surface area (Å²) in [6, 6.07) is 14.5. The van der Waals surface area contributed by atoms with Gasteiger partial charge in [0.15, 0.2) is 0 Å². The third-order valence-corrected chi connectivity index (χ3v) is 6.26. The highest BCUT2D eigenvalue weighted by atomic mass is 32.2. The summed E-state index contributed by atoms with van der Waals surface area (Å²) in [4.78, 5) is 12.8. The van der Waals surface area contributed by atoms with Gasteiger partial charge in [0, 0.05) is 6.04 Å². The van der Waals surface area contributed by atoms with Crippen LogP contribution in [-0.2, 0) is 16.4 Å². The maximum atomic E-state index is 12.9. The van der Waals surface area contributed by atoms with Gasteiger partial charge in [-0.15, -0.1) is 0 Å². The van der Waals surface area contributed by atoms with E-state index in [-0.39, 0.29) is 17.6 Å². The van der Waals surface area contributed by atoms with Gasteiger partial charge in [0.2, 0.25) is 0 Å². The summed E-state index contributed by atoms with van der Waals surface area (Å²) in [6.45, 7) is 3.89. The topological polar surface area (TPSA) is 75.3 Å². The molecule has 142 valence electrons. The lowest BCUT2D eigenvalue weighted by Gasteiger charge is -2.19. The maximum absolute atomic E-state index is 12.9. The summed E-state index contributed by atoms with van der Waals surface area (Å²) >= 11 is 0. The molecule has 0 radical (unpaired) electrons. The average molecular weight is 385 g/mol. The second-order valence-electron chi connectivity index (χ2n) is 6.74. The van der Waals surface area contributed by atoms with Gasteiger partial charge in [-0.1, -0.05) is 43.3 Å². The Hall–Kier alpha value is -2.60. The first-order valence-corrected chi connectivity index (χ1v) is 10.6. The fourth-order valence-corrected chi connectivity index (χ4v) is 4.25. The van der Waals surface area contributed by atoms with Gasteiger partial charge in [-0.3, -0.25) is 9.52 Å². The predicted molar refractivity (Wildman–Crippen MR) is 109 cm³/mol. The molecule has 0 saturated carbocycles. The normalized spacial score (nSPS) is 14.7. The number of hydrogen-bond acceptors (Lipinski definition) is 3. The fraction of sp³-hybridized carbons (Fsp3) is 0.286. The molecule has 1 aliphatic rings. The van der Waals surface area contributed by atoms with Crippen LogP contribution >= 0.6 is 0 Å². The molecule has 3 rings (SSSR count). The minimum Gasteiger partial charge on any atom is -0.350 e. The van der Waals surface area contributed by atoms with Crippen molar-refractivity contribution in [2.24, 2.45) is 0 Å². The van der Waals surface area contributed by atoms with Crippen LogP contribution in [0.4, 0.5) is 5.69 Å². The minimum absolute atomic E-state index is 0.0136. The van der Waals surface area contributed by atoms with Crippen molar-refractivity contribution in [2.45, 2.75) is 39.2 Å². The zero-order valence-corrected chi connectivity index (χ0v) is 16.3.